The molecule has 6 nitrogen and oxygen atoms in total. The Morgan fingerprint density at radius 3 is 2.70 bits per heavy atom. The maximum atomic E-state index is 13.2. The second-order valence-corrected chi connectivity index (χ2v) is 4.32. The summed E-state index contributed by atoms with van der Waals surface area (Å²) in [7, 11) is 0. The Hall–Kier alpha value is -2.28. The highest BCUT2D eigenvalue weighted by Crippen LogP contribution is 2.33. The zero-order valence-electron chi connectivity index (χ0n) is 10.6. The molecular formula is C12H9ClFN3O3. The first-order chi connectivity index (χ1) is 9.38. The summed E-state index contributed by atoms with van der Waals surface area (Å²) in [5.74, 6) is -0.502. The lowest BCUT2D eigenvalue weighted by atomic mass is 10.3. The predicted octanol–water partition coefficient (Wildman–Crippen LogP) is 3.59. The fourth-order valence-electron chi connectivity index (χ4n) is 1.49. The van der Waals surface area contributed by atoms with E-state index in [9.17, 15) is 14.5 Å². The summed E-state index contributed by atoms with van der Waals surface area (Å²) in [5, 5.41) is 11.1. The number of hydrogen-bond acceptors (Lipinski definition) is 5. The molecule has 0 N–H and O–H groups in total. The van der Waals surface area contributed by atoms with Gasteiger partial charge in [0, 0.05) is 17.7 Å². The first-order valence-corrected chi connectivity index (χ1v) is 5.89. The molecule has 0 aliphatic carbocycles. The highest BCUT2D eigenvalue weighted by atomic mass is 35.5. The van der Waals surface area contributed by atoms with E-state index < -0.39 is 10.7 Å². The van der Waals surface area contributed by atoms with Crippen LogP contribution in [0.15, 0.2) is 18.2 Å². The van der Waals surface area contributed by atoms with Crippen LogP contribution in [0.1, 0.15) is 11.4 Å². The van der Waals surface area contributed by atoms with Gasteiger partial charge in [0.2, 0.25) is 11.6 Å². The number of ether oxygens (including phenoxy) is 1. The van der Waals surface area contributed by atoms with Gasteiger partial charge < -0.3 is 4.74 Å². The van der Waals surface area contributed by atoms with Crippen molar-refractivity contribution in [2.45, 2.75) is 13.8 Å². The Kier molecular flexibility index (Phi) is 3.80. The van der Waals surface area contributed by atoms with E-state index in [0.29, 0.717) is 11.4 Å². The van der Waals surface area contributed by atoms with Crippen molar-refractivity contribution in [1.82, 2.24) is 9.97 Å². The molecule has 0 aliphatic rings. The van der Waals surface area contributed by atoms with Crippen molar-refractivity contribution in [2.24, 2.45) is 0 Å². The van der Waals surface area contributed by atoms with Crippen LogP contribution in [0.5, 0.6) is 11.6 Å². The lowest BCUT2D eigenvalue weighted by molar-refractivity contribution is -0.385. The third-order valence-electron chi connectivity index (χ3n) is 2.48. The van der Waals surface area contributed by atoms with Crippen LogP contribution in [0, 0.1) is 29.8 Å². The molecule has 2 rings (SSSR count). The number of benzene rings is 1. The average molecular weight is 298 g/mol. The van der Waals surface area contributed by atoms with E-state index in [1.54, 1.807) is 13.8 Å². The largest absolute Gasteiger partial charge is 0.431 e. The van der Waals surface area contributed by atoms with Crippen LogP contribution in [0.3, 0.4) is 0 Å². The van der Waals surface area contributed by atoms with Crippen molar-refractivity contribution in [1.29, 1.82) is 0 Å². The van der Waals surface area contributed by atoms with Crippen LogP contribution >= 0.6 is 11.6 Å². The summed E-state index contributed by atoms with van der Waals surface area (Å²) in [6.07, 6.45) is 0. The lowest BCUT2D eigenvalue weighted by Crippen LogP contribution is -2.00. The standard InChI is InChI=1S/C12H9ClFN3O3/c1-6-11(13)15-7(2)16-12(6)20-10-5-8(14)3-4-9(10)17(18)19/h3-5H,1-2H3. The average Bonchev–Trinajstić information content (AvgIpc) is 2.35. The third-order valence-corrected chi connectivity index (χ3v) is 2.85. The maximum absolute atomic E-state index is 13.2. The zero-order valence-corrected chi connectivity index (χ0v) is 11.3. The Morgan fingerprint density at radius 1 is 1.35 bits per heavy atom. The maximum Gasteiger partial charge on any atom is 0.311 e. The van der Waals surface area contributed by atoms with E-state index in [1.165, 1.54) is 0 Å². The van der Waals surface area contributed by atoms with Gasteiger partial charge in [0.15, 0.2) is 0 Å². The number of halogens is 2. The fraction of sp³-hybridized carbons (Fsp3) is 0.167. The second-order valence-electron chi connectivity index (χ2n) is 3.96. The van der Waals surface area contributed by atoms with Crippen LogP contribution in [-0.2, 0) is 0 Å². The van der Waals surface area contributed by atoms with Crippen LogP contribution < -0.4 is 4.74 Å². The van der Waals surface area contributed by atoms with Crippen molar-refractivity contribution in [3.8, 4) is 11.6 Å². The predicted molar refractivity (Wildman–Crippen MR) is 69.6 cm³/mol. The number of aryl methyl sites for hydroxylation is 1. The molecule has 0 saturated carbocycles. The summed E-state index contributed by atoms with van der Waals surface area (Å²) in [4.78, 5) is 18.1. The normalized spacial score (nSPS) is 10.4. The second kappa shape index (κ2) is 5.38. The van der Waals surface area contributed by atoms with Crippen LogP contribution in [-0.4, -0.2) is 14.9 Å². The van der Waals surface area contributed by atoms with Gasteiger partial charge in [-0.3, -0.25) is 10.1 Å². The topological polar surface area (TPSA) is 78.2 Å². The molecule has 1 aromatic carbocycles. The molecule has 1 heterocycles. The van der Waals surface area contributed by atoms with E-state index in [1.807, 2.05) is 0 Å². The van der Waals surface area contributed by atoms with Gasteiger partial charge in [-0.2, -0.15) is 4.98 Å². The number of nitro benzene ring substituents is 1. The van der Waals surface area contributed by atoms with Gasteiger partial charge in [0.25, 0.3) is 0 Å². The fourth-order valence-corrected chi connectivity index (χ4v) is 1.70. The van der Waals surface area contributed by atoms with Gasteiger partial charge in [-0.1, -0.05) is 11.6 Å². The molecule has 0 bridgehead atoms. The minimum absolute atomic E-state index is 0.0520. The molecule has 0 amide bonds. The summed E-state index contributed by atoms with van der Waals surface area (Å²) >= 11 is 5.88. The van der Waals surface area contributed by atoms with Crippen LogP contribution in [0.4, 0.5) is 10.1 Å². The Bertz CT molecular complexity index is 694. The Labute approximate surface area is 118 Å². The first kappa shape index (κ1) is 14.1. The quantitative estimate of drug-likeness (QED) is 0.491. The molecule has 0 saturated heterocycles. The van der Waals surface area contributed by atoms with Crippen molar-refractivity contribution in [3.63, 3.8) is 0 Å². The molecule has 104 valence electrons. The molecule has 0 radical (unpaired) electrons. The highest BCUT2D eigenvalue weighted by Gasteiger charge is 2.19. The minimum atomic E-state index is -0.667. The minimum Gasteiger partial charge on any atom is -0.431 e. The van der Waals surface area contributed by atoms with E-state index in [2.05, 4.69) is 9.97 Å². The monoisotopic (exact) mass is 297 g/mol. The van der Waals surface area contributed by atoms with Gasteiger partial charge in [-0.25, -0.2) is 9.37 Å². The molecule has 1 aromatic heterocycles. The van der Waals surface area contributed by atoms with E-state index in [0.717, 1.165) is 18.2 Å². The van der Waals surface area contributed by atoms with Crippen LogP contribution in [0.25, 0.3) is 0 Å². The first-order valence-electron chi connectivity index (χ1n) is 5.51. The van der Waals surface area contributed by atoms with E-state index in [4.69, 9.17) is 16.3 Å². The number of hydrogen-bond donors (Lipinski definition) is 0. The summed E-state index contributed by atoms with van der Waals surface area (Å²) in [6.45, 7) is 3.19. The molecule has 0 aliphatic heterocycles. The Morgan fingerprint density at radius 2 is 2.05 bits per heavy atom. The number of nitrogens with zero attached hydrogens (tertiary/aromatic N) is 3. The van der Waals surface area contributed by atoms with E-state index in [-0.39, 0.29) is 22.5 Å². The van der Waals surface area contributed by atoms with Crippen molar-refractivity contribution >= 4 is 17.3 Å². The number of nitro groups is 1. The molecule has 0 spiro atoms. The summed E-state index contributed by atoms with van der Waals surface area (Å²) < 4.78 is 18.5. The molecule has 8 heteroatoms. The number of aromatic nitrogens is 2. The van der Waals surface area contributed by atoms with E-state index >= 15 is 0 Å². The molecule has 0 fully saturated rings. The van der Waals surface area contributed by atoms with Crippen molar-refractivity contribution < 1.29 is 14.1 Å². The van der Waals surface area contributed by atoms with Gasteiger partial charge in [0.1, 0.15) is 16.8 Å². The molecule has 2 aromatic rings. The van der Waals surface area contributed by atoms with Gasteiger partial charge in [-0.05, 0) is 19.9 Å². The SMILES string of the molecule is Cc1nc(Cl)c(C)c(Oc2cc(F)ccc2[N+](=O)[O-])n1. The van der Waals surface area contributed by atoms with Crippen molar-refractivity contribution in [2.75, 3.05) is 0 Å². The molecule has 0 atom stereocenters. The highest BCUT2D eigenvalue weighted by molar-refractivity contribution is 6.30. The summed E-state index contributed by atoms with van der Waals surface area (Å²) in [6, 6.07) is 2.93. The van der Waals surface area contributed by atoms with Gasteiger partial charge in [0.05, 0.1) is 4.92 Å². The molecular weight excluding hydrogens is 289 g/mol. The third kappa shape index (κ3) is 2.83. The van der Waals surface area contributed by atoms with Gasteiger partial charge in [-0.15, -0.1) is 0 Å². The Balaban J connectivity index is 2.50. The smallest absolute Gasteiger partial charge is 0.311 e. The molecule has 0 unspecified atom stereocenters. The lowest BCUT2D eigenvalue weighted by Gasteiger charge is -2.09. The van der Waals surface area contributed by atoms with Crippen molar-refractivity contribution in [3.05, 3.63) is 50.7 Å². The zero-order chi connectivity index (χ0) is 14.9. The summed E-state index contributed by atoms with van der Waals surface area (Å²) in [5.41, 5.74) is 0.0500. The molecule has 20 heavy (non-hydrogen) atoms. The number of rotatable bonds is 3. The van der Waals surface area contributed by atoms with Gasteiger partial charge >= 0.3 is 5.69 Å². The van der Waals surface area contributed by atoms with Crippen LogP contribution in [0.2, 0.25) is 5.15 Å².